The van der Waals surface area contributed by atoms with Crippen LogP contribution in [0.15, 0.2) is 78.9 Å². The molecule has 0 saturated carbocycles. The van der Waals surface area contributed by atoms with Gasteiger partial charge in [-0.15, -0.1) is 0 Å². The first-order valence-corrected chi connectivity index (χ1v) is 13.4. The standard InChI is InChI=1S/C29H36O2S/c1-29(2,3)32(30,31)23-11-6-4-5-8-12-24-15-17-26(18-16-24)28-21-19-27(20-22-28)25-13-9-7-10-14-25/h7,9-10,13-22H,4-6,8,11-12,23H2,1-3H3. The average Bonchev–Trinajstić information content (AvgIpc) is 2.79. The van der Waals surface area contributed by atoms with Crippen molar-refractivity contribution in [3.8, 4) is 22.3 Å². The fraction of sp³-hybridized carbons (Fsp3) is 0.379. The van der Waals surface area contributed by atoms with Crippen molar-refractivity contribution >= 4 is 9.84 Å². The molecule has 0 spiro atoms. The predicted octanol–water partition coefficient (Wildman–Crippen LogP) is 7.73. The first-order valence-electron chi connectivity index (χ1n) is 11.7. The molecule has 0 atom stereocenters. The highest BCUT2D eigenvalue weighted by Gasteiger charge is 2.27. The smallest absolute Gasteiger partial charge is 0.155 e. The van der Waals surface area contributed by atoms with E-state index in [1.807, 2.05) is 6.07 Å². The molecule has 0 amide bonds. The number of sulfone groups is 1. The monoisotopic (exact) mass is 448 g/mol. The maximum Gasteiger partial charge on any atom is 0.155 e. The van der Waals surface area contributed by atoms with Crippen molar-refractivity contribution < 1.29 is 8.42 Å². The highest BCUT2D eigenvalue weighted by atomic mass is 32.2. The van der Waals surface area contributed by atoms with Crippen LogP contribution in [0.5, 0.6) is 0 Å². The van der Waals surface area contributed by atoms with Crippen molar-refractivity contribution in [3.05, 3.63) is 84.4 Å². The van der Waals surface area contributed by atoms with Gasteiger partial charge < -0.3 is 0 Å². The Morgan fingerprint density at radius 1 is 0.562 bits per heavy atom. The number of unbranched alkanes of at least 4 members (excludes halogenated alkanes) is 4. The van der Waals surface area contributed by atoms with E-state index in [4.69, 9.17) is 0 Å². The Morgan fingerprint density at radius 3 is 1.53 bits per heavy atom. The van der Waals surface area contributed by atoms with Crippen molar-refractivity contribution in [1.82, 2.24) is 0 Å². The summed E-state index contributed by atoms with van der Waals surface area (Å²) in [6.45, 7) is 5.36. The minimum atomic E-state index is -2.98. The lowest BCUT2D eigenvalue weighted by molar-refractivity contribution is 0.552. The molecule has 3 aromatic rings. The van der Waals surface area contributed by atoms with E-state index in [9.17, 15) is 8.42 Å². The first-order chi connectivity index (χ1) is 15.3. The minimum Gasteiger partial charge on any atom is -0.228 e. The normalized spacial score (nSPS) is 12.1. The lowest BCUT2D eigenvalue weighted by Crippen LogP contribution is -2.30. The highest BCUT2D eigenvalue weighted by Crippen LogP contribution is 2.25. The van der Waals surface area contributed by atoms with Crippen LogP contribution in [0.2, 0.25) is 0 Å². The second-order valence-corrected chi connectivity index (χ2v) is 12.5. The maximum atomic E-state index is 12.1. The van der Waals surface area contributed by atoms with Crippen LogP contribution in [-0.4, -0.2) is 18.9 Å². The van der Waals surface area contributed by atoms with Gasteiger partial charge in [0.2, 0.25) is 0 Å². The number of hydrogen-bond donors (Lipinski definition) is 0. The summed E-state index contributed by atoms with van der Waals surface area (Å²) in [7, 11) is -2.98. The molecular weight excluding hydrogens is 412 g/mol. The second-order valence-electron chi connectivity index (χ2n) is 9.59. The zero-order valence-electron chi connectivity index (χ0n) is 19.7. The van der Waals surface area contributed by atoms with Gasteiger partial charge in [-0.05, 0) is 67.9 Å². The Labute approximate surface area is 194 Å². The third kappa shape index (κ3) is 6.80. The lowest BCUT2D eigenvalue weighted by atomic mass is 9.98. The van der Waals surface area contributed by atoms with Crippen molar-refractivity contribution in [1.29, 1.82) is 0 Å². The van der Waals surface area contributed by atoms with Crippen LogP contribution in [0.3, 0.4) is 0 Å². The van der Waals surface area contributed by atoms with Gasteiger partial charge in [-0.25, -0.2) is 8.42 Å². The molecule has 0 aromatic heterocycles. The molecule has 0 bridgehead atoms. The lowest BCUT2D eigenvalue weighted by Gasteiger charge is -2.18. The molecule has 0 aliphatic rings. The number of aryl methyl sites for hydroxylation is 1. The van der Waals surface area contributed by atoms with Crippen molar-refractivity contribution in [3.63, 3.8) is 0 Å². The third-order valence-electron chi connectivity index (χ3n) is 6.09. The molecule has 3 rings (SSSR count). The van der Waals surface area contributed by atoms with Gasteiger partial charge in [0, 0.05) is 0 Å². The third-order valence-corrected chi connectivity index (χ3v) is 8.78. The van der Waals surface area contributed by atoms with E-state index in [1.54, 1.807) is 20.8 Å². The van der Waals surface area contributed by atoms with E-state index >= 15 is 0 Å². The van der Waals surface area contributed by atoms with Crippen LogP contribution >= 0.6 is 0 Å². The Hall–Kier alpha value is -2.39. The Morgan fingerprint density at radius 2 is 1.00 bits per heavy atom. The van der Waals surface area contributed by atoms with Crippen LogP contribution in [0.1, 0.15) is 58.4 Å². The molecule has 0 radical (unpaired) electrons. The average molecular weight is 449 g/mol. The number of hydrogen-bond acceptors (Lipinski definition) is 2. The highest BCUT2D eigenvalue weighted by molar-refractivity contribution is 7.92. The summed E-state index contributed by atoms with van der Waals surface area (Å²) in [5.74, 6) is 0.310. The molecule has 32 heavy (non-hydrogen) atoms. The summed E-state index contributed by atoms with van der Waals surface area (Å²) in [6.07, 6.45) is 6.25. The van der Waals surface area contributed by atoms with Crippen molar-refractivity contribution in [2.75, 3.05) is 5.75 Å². The van der Waals surface area contributed by atoms with Gasteiger partial charge in [0.1, 0.15) is 0 Å². The Bertz CT molecular complexity index is 1060. The number of rotatable bonds is 10. The summed E-state index contributed by atoms with van der Waals surface area (Å²) >= 11 is 0. The molecule has 0 fully saturated rings. The summed E-state index contributed by atoms with van der Waals surface area (Å²) < 4.78 is 23.6. The minimum absolute atomic E-state index is 0.310. The molecule has 170 valence electrons. The zero-order valence-corrected chi connectivity index (χ0v) is 20.5. The van der Waals surface area contributed by atoms with E-state index in [0.717, 1.165) is 38.5 Å². The molecule has 0 heterocycles. The van der Waals surface area contributed by atoms with E-state index in [2.05, 4.69) is 72.8 Å². The molecular formula is C29H36O2S. The van der Waals surface area contributed by atoms with Crippen LogP contribution in [0, 0.1) is 0 Å². The van der Waals surface area contributed by atoms with E-state index in [1.165, 1.54) is 27.8 Å². The molecule has 3 aromatic carbocycles. The van der Waals surface area contributed by atoms with Crippen LogP contribution in [0.4, 0.5) is 0 Å². The molecule has 2 nitrogen and oxygen atoms in total. The quantitative estimate of drug-likeness (QED) is 0.297. The topological polar surface area (TPSA) is 34.1 Å². The fourth-order valence-electron chi connectivity index (χ4n) is 3.81. The first kappa shape index (κ1) is 24.3. The fourth-order valence-corrected chi connectivity index (χ4v) is 5.00. The summed E-state index contributed by atoms with van der Waals surface area (Å²) in [4.78, 5) is 0. The van der Waals surface area contributed by atoms with Gasteiger partial charge >= 0.3 is 0 Å². The predicted molar refractivity (Wildman–Crippen MR) is 138 cm³/mol. The second kappa shape index (κ2) is 11.0. The summed E-state index contributed by atoms with van der Waals surface area (Å²) in [5.41, 5.74) is 6.33. The Kier molecular flexibility index (Phi) is 8.31. The molecule has 0 unspecified atom stereocenters. The summed E-state index contributed by atoms with van der Waals surface area (Å²) in [6, 6.07) is 28.1. The SMILES string of the molecule is CC(C)(C)S(=O)(=O)CCCCCCCc1ccc(-c2ccc(-c3ccccc3)cc2)cc1. The summed E-state index contributed by atoms with van der Waals surface area (Å²) in [5, 5.41) is 0. The number of benzene rings is 3. The van der Waals surface area contributed by atoms with Gasteiger partial charge in [0.05, 0.1) is 10.5 Å². The maximum absolute atomic E-state index is 12.1. The van der Waals surface area contributed by atoms with Gasteiger partial charge in [-0.3, -0.25) is 0 Å². The molecule has 0 saturated heterocycles. The van der Waals surface area contributed by atoms with Gasteiger partial charge in [-0.1, -0.05) is 98.1 Å². The van der Waals surface area contributed by atoms with E-state index < -0.39 is 14.6 Å². The van der Waals surface area contributed by atoms with E-state index in [-0.39, 0.29) is 0 Å². The van der Waals surface area contributed by atoms with Crippen LogP contribution < -0.4 is 0 Å². The van der Waals surface area contributed by atoms with E-state index in [0.29, 0.717) is 5.75 Å². The Balaban J connectivity index is 1.41. The molecule has 0 N–H and O–H groups in total. The van der Waals surface area contributed by atoms with Crippen molar-refractivity contribution in [2.45, 2.75) is 64.0 Å². The molecule has 3 heteroatoms. The van der Waals surface area contributed by atoms with Crippen LogP contribution in [0.25, 0.3) is 22.3 Å². The molecule has 0 aliphatic carbocycles. The van der Waals surface area contributed by atoms with Gasteiger partial charge in [0.25, 0.3) is 0 Å². The largest absolute Gasteiger partial charge is 0.228 e. The van der Waals surface area contributed by atoms with Crippen LogP contribution in [-0.2, 0) is 16.3 Å². The van der Waals surface area contributed by atoms with Crippen molar-refractivity contribution in [2.24, 2.45) is 0 Å². The zero-order chi connectivity index (χ0) is 23.0. The molecule has 0 aliphatic heterocycles. The van der Waals surface area contributed by atoms with Gasteiger partial charge in [-0.2, -0.15) is 0 Å². The van der Waals surface area contributed by atoms with Gasteiger partial charge in [0.15, 0.2) is 9.84 Å².